The highest BCUT2D eigenvalue weighted by Gasteiger charge is 2.64. The Kier molecular flexibility index (Phi) is 5.05. The van der Waals surface area contributed by atoms with E-state index in [1.807, 2.05) is 20.8 Å². The zero-order valence-corrected chi connectivity index (χ0v) is 18.9. The molecule has 1 aliphatic heterocycles. The Morgan fingerprint density at radius 3 is 2.73 bits per heavy atom. The molecular weight excluding hydrogens is 398 g/mol. The number of amides is 3. The number of carbonyl (C=O) groups excluding carboxylic acids is 3. The summed E-state index contributed by atoms with van der Waals surface area (Å²) in [5.41, 5.74) is 0.741. The van der Waals surface area contributed by atoms with E-state index in [1.165, 1.54) is 21.1 Å². The summed E-state index contributed by atoms with van der Waals surface area (Å²) < 4.78 is 0. The van der Waals surface area contributed by atoms with Crippen LogP contribution in [0.3, 0.4) is 0 Å². The number of hydrogen-bond acceptors (Lipinski definition) is 5. The van der Waals surface area contributed by atoms with Gasteiger partial charge in [-0.3, -0.25) is 19.3 Å². The van der Waals surface area contributed by atoms with Gasteiger partial charge in [-0.1, -0.05) is 27.7 Å². The molecular formula is C23H29N3O3S. The van der Waals surface area contributed by atoms with Gasteiger partial charge in [0, 0.05) is 23.8 Å². The SMILES string of the molecule is CC1CCc2c(sc(NC(=O)CCN3C(=O)C4CCC(C)(C3=O)C4(C)C)c2C#N)C1. The van der Waals surface area contributed by atoms with Gasteiger partial charge in [-0.05, 0) is 49.0 Å². The van der Waals surface area contributed by atoms with E-state index in [-0.39, 0.29) is 42.0 Å². The van der Waals surface area contributed by atoms with Crippen molar-refractivity contribution in [3.8, 4) is 6.07 Å². The molecule has 4 rings (SSSR count). The van der Waals surface area contributed by atoms with Gasteiger partial charge in [-0.25, -0.2) is 0 Å². The second kappa shape index (κ2) is 7.19. The minimum atomic E-state index is -0.556. The number of nitrogens with one attached hydrogen (secondary N) is 1. The maximum absolute atomic E-state index is 13.1. The molecule has 1 aromatic rings. The lowest BCUT2D eigenvalue weighted by atomic mass is 9.62. The maximum Gasteiger partial charge on any atom is 0.235 e. The zero-order chi connectivity index (χ0) is 21.8. The number of carbonyl (C=O) groups is 3. The van der Waals surface area contributed by atoms with Gasteiger partial charge in [0.1, 0.15) is 11.1 Å². The summed E-state index contributed by atoms with van der Waals surface area (Å²) in [4.78, 5) is 41.1. The number of rotatable bonds is 4. The third kappa shape index (κ3) is 2.99. The van der Waals surface area contributed by atoms with Gasteiger partial charge in [-0.2, -0.15) is 5.26 Å². The Labute approximate surface area is 181 Å². The molecule has 6 nitrogen and oxygen atoms in total. The van der Waals surface area contributed by atoms with Gasteiger partial charge < -0.3 is 5.32 Å². The van der Waals surface area contributed by atoms with E-state index in [9.17, 15) is 19.6 Å². The molecule has 3 aliphatic rings. The van der Waals surface area contributed by atoms with Gasteiger partial charge >= 0.3 is 0 Å². The Morgan fingerprint density at radius 1 is 1.30 bits per heavy atom. The van der Waals surface area contributed by atoms with Crippen LogP contribution in [0.5, 0.6) is 0 Å². The van der Waals surface area contributed by atoms with E-state index in [0.717, 1.165) is 31.2 Å². The first-order chi connectivity index (χ1) is 14.1. The number of thiophene rings is 1. The van der Waals surface area contributed by atoms with Gasteiger partial charge in [0.25, 0.3) is 0 Å². The molecule has 0 radical (unpaired) electrons. The highest BCUT2D eigenvalue weighted by Crippen LogP contribution is 2.60. The quantitative estimate of drug-likeness (QED) is 0.738. The first-order valence-corrected chi connectivity index (χ1v) is 11.6. The summed E-state index contributed by atoms with van der Waals surface area (Å²) in [6, 6.07) is 2.25. The fourth-order valence-corrected chi connectivity index (χ4v) is 6.85. The van der Waals surface area contributed by atoms with E-state index < -0.39 is 5.41 Å². The summed E-state index contributed by atoms with van der Waals surface area (Å²) >= 11 is 1.49. The van der Waals surface area contributed by atoms with Crippen molar-refractivity contribution >= 4 is 34.1 Å². The third-order valence-corrected chi connectivity index (χ3v) is 9.12. The molecule has 3 unspecified atom stereocenters. The van der Waals surface area contributed by atoms with Crippen LogP contribution in [0.4, 0.5) is 5.00 Å². The number of nitriles is 1. The van der Waals surface area contributed by atoms with Crippen molar-refractivity contribution in [2.45, 2.75) is 66.2 Å². The van der Waals surface area contributed by atoms with Crippen molar-refractivity contribution in [1.82, 2.24) is 4.90 Å². The third-order valence-electron chi connectivity index (χ3n) is 7.95. The molecule has 3 atom stereocenters. The average Bonchev–Trinajstić information content (AvgIpc) is 3.10. The number of nitrogens with zero attached hydrogens (tertiary/aromatic N) is 2. The highest BCUT2D eigenvalue weighted by molar-refractivity contribution is 7.16. The van der Waals surface area contributed by atoms with Crippen molar-refractivity contribution in [3.05, 3.63) is 16.0 Å². The molecule has 2 bridgehead atoms. The Hall–Kier alpha value is -2.20. The largest absolute Gasteiger partial charge is 0.317 e. The fraction of sp³-hybridized carbons (Fsp3) is 0.652. The number of imide groups is 1. The molecule has 0 aromatic carbocycles. The average molecular weight is 428 g/mol. The van der Waals surface area contributed by atoms with Crippen LogP contribution in [0, 0.1) is 34.0 Å². The zero-order valence-electron chi connectivity index (χ0n) is 18.1. The second-order valence-electron chi connectivity index (χ2n) is 9.91. The van der Waals surface area contributed by atoms with Crippen LogP contribution in [0.15, 0.2) is 0 Å². The van der Waals surface area contributed by atoms with E-state index in [2.05, 4.69) is 18.3 Å². The van der Waals surface area contributed by atoms with Crippen molar-refractivity contribution < 1.29 is 14.4 Å². The van der Waals surface area contributed by atoms with Gasteiger partial charge in [-0.15, -0.1) is 11.3 Å². The minimum Gasteiger partial charge on any atom is -0.317 e. The first kappa shape index (κ1) is 21.0. The first-order valence-electron chi connectivity index (χ1n) is 10.8. The number of fused-ring (bicyclic) bond motifs is 3. The summed E-state index contributed by atoms with van der Waals surface area (Å²) in [7, 11) is 0. The maximum atomic E-state index is 13.1. The number of anilines is 1. The van der Waals surface area contributed by atoms with Crippen molar-refractivity contribution in [3.63, 3.8) is 0 Å². The van der Waals surface area contributed by atoms with Crippen molar-refractivity contribution in [2.75, 3.05) is 11.9 Å². The molecule has 1 saturated heterocycles. The standard InChI is InChI=1S/C23H29N3O3S/c1-13-5-6-14-15(12-24)19(30-17(14)11-13)25-18(27)8-10-26-20(28)16-7-9-23(4,21(26)29)22(16,2)3/h13,16H,5-11H2,1-4H3,(H,25,27). The fourth-order valence-electron chi connectivity index (χ4n) is 5.47. The predicted octanol–water partition coefficient (Wildman–Crippen LogP) is 3.88. The van der Waals surface area contributed by atoms with Gasteiger partial charge in [0.2, 0.25) is 17.7 Å². The number of hydrogen-bond donors (Lipinski definition) is 1. The lowest BCUT2D eigenvalue weighted by molar-refractivity contribution is -0.167. The molecule has 30 heavy (non-hydrogen) atoms. The van der Waals surface area contributed by atoms with Gasteiger partial charge in [0.15, 0.2) is 0 Å². The van der Waals surface area contributed by atoms with Crippen LogP contribution >= 0.6 is 11.3 Å². The van der Waals surface area contributed by atoms with Crippen LogP contribution < -0.4 is 5.32 Å². The van der Waals surface area contributed by atoms with E-state index in [1.54, 1.807) is 0 Å². The lowest BCUT2D eigenvalue weighted by Crippen LogP contribution is -2.59. The number of piperidine rings is 1. The normalized spacial score (nSPS) is 29.5. The summed E-state index contributed by atoms with van der Waals surface area (Å²) in [5, 5.41) is 13.1. The molecule has 0 spiro atoms. The molecule has 3 amide bonds. The molecule has 2 heterocycles. The van der Waals surface area contributed by atoms with Crippen molar-refractivity contribution in [2.24, 2.45) is 22.7 Å². The highest BCUT2D eigenvalue weighted by atomic mass is 32.1. The smallest absolute Gasteiger partial charge is 0.235 e. The topological polar surface area (TPSA) is 90.3 Å². The van der Waals surface area contributed by atoms with Gasteiger partial charge in [0.05, 0.1) is 11.0 Å². The van der Waals surface area contributed by atoms with Crippen molar-refractivity contribution in [1.29, 1.82) is 5.26 Å². The van der Waals surface area contributed by atoms with Crippen LogP contribution in [0.2, 0.25) is 0 Å². The van der Waals surface area contributed by atoms with E-state index >= 15 is 0 Å². The molecule has 1 N–H and O–H groups in total. The van der Waals surface area contributed by atoms with E-state index in [4.69, 9.17) is 0 Å². The monoisotopic (exact) mass is 427 g/mol. The molecule has 7 heteroatoms. The summed E-state index contributed by atoms with van der Waals surface area (Å²) in [6.45, 7) is 8.26. The molecule has 1 saturated carbocycles. The molecule has 2 aliphatic carbocycles. The molecule has 1 aromatic heterocycles. The van der Waals surface area contributed by atoms with Crippen LogP contribution in [0.25, 0.3) is 0 Å². The van der Waals surface area contributed by atoms with Crippen LogP contribution in [0.1, 0.15) is 69.4 Å². The lowest BCUT2D eigenvalue weighted by Gasteiger charge is -2.47. The Bertz CT molecular complexity index is 973. The molecule has 160 valence electrons. The summed E-state index contributed by atoms with van der Waals surface area (Å²) in [6.07, 6.45) is 4.35. The minimum absolute atomic E-state index is 0.0462. The second-order valence-corrected chi connectivity index (χ2v) is 11.0. The summed E-state index contributed by atoms with van der Waals surface area (Å²) in [5.74, 6) is -0.146. The van der Waals surface area contributed by atoms with Crippen LogP contribution in [-0.2, 0) is 27.2 Å². The molecule has 2 fully saturated rings. The Balaban J connectivity index is 1.45. The van der Waals surface area contributed by atoms with Crippen LogP contribution in [-0.4, -0.2) is 29.2 Å². The van der Waals surface area contributed by atoms with E-state index in [0.29, 0.717) is 22.9 Å². The Morgan fingerprint density at radius 2 is 2.03 bits per heavy atom. The predicted molar refractivity (Wildman–Crippen MR) is 115 cm³/mol. The number of likely N-dealkylation sites (tertiary alicyclic amines) is 1.